The summed E-state index contributed by atoms with van der Waals surface area (Å²) in [6.45, 7) is 4.33. The Morgan fingerprint density at radius 3 is 2.86 bits per heavy atom. The third kappa shape index (κ3) is 1.61. The minimum absolute atomic E-state index is 0.132. The lowest BCUT2D eigenvalue weighted by Gasteiger charge is -2.40. The van der Waals surface area contributed by atoms with Crippen LogP contribution < -0.4 is 0 Å². The van der Waals surface area contributed by atoms with Crippen LogP contribution in [0.1, 0.15) is 39.5 Å². The van der Waals surface area contributed by atoms with Crippen LogP contribution in [0.4, 0.5) is 0 Å². The summed E-state index contributed by atoms with van der Waals surface area (Å²) in [7, 11) is 0. The van der Waals surface area contributed by atoms with Gasteiger partial charge in [0.1, 0.15) is 5.60 Å². The molecule has 0 bridgehead atoms. The van der Waals surface area contributed by atoms with Crippen molar-refractivity contribution in [1.82, 2.24) is 0 Å². The van der Waals surface area contributed by atoms with E-state index in [-0.39, 0.29) is 11.0 Å². The molecule has 1 heterocycles. The lowest BCUT2D eigenvalue weighted by Crippen LogP contribution is -2.42. The van der Waals surface area contributed by atoms with Gasteiger partial charge < -0.3 is 10.0 Å². The van der Waals surface area contributed by atoms with E-state index in [2.05, 4.69) is 24.2 Å². The SMILES string of the molecule is CC1(C)CC(=NO)C[C@]2(CC=NO2)C1. The Morgan fingerprint density at radius 2 is 2.29 bits per heavy atom. The molecule has 0 aromatic carbocycles. The topological polar surface area (TPSA) is 54.2 Å². The third-order valence-corrected chi connectivity index (χ3v) is 2.94. The zero-order chi connectivity index (χ0) is 10.2. The average molecular weight is 196 g/mol. The van der Waals surface area contributed by atoms with Crippen molar-refractivity contribution in [2.24, 2.45) is 15.7 Å². The van der Waals surface area contributed by atoms with Gasteiger partial charge in [-0.2, -0.15) is 0 Å². The minimum Gasteiger partial charge on any atom is -0.411 e. The molecule has 0 aromatic rings. The maximum atomic E-state index is 8.86. The zero-order valence-corrected chi connectivity index (χ0v) is 8.66. The molecule has 4 heteroatoms. The van der Waals surface area contributed by atoms with E-state index >= 15 is 0 Å². The second-order valence-corrected chi connectivity index (χ2v) is 5.13. The summed E-state index contributed by atoms with van der Waals surface area (Å²) >= 11 is 0. The molecule has 1 aliphatic carbocycles. The first-order valence-electron chi connectivity index (χ1n) is 4.95. The Labute approximate surface area is 83.6 Å². The van der Waals surface area contributed by atoms with Gasteiger partial charge >= 0.3 is 0 Å². The molecule has 2 aliphatic rings. The summed E-state index contributed by atoms with van der Waals surface area (Å²) in [6.07, 6.45) is 5.15. The molecular formula is C10H16N2O2. The van der Waals surface area contributed by atoms with Crippen LogP contribution in [0.2, 0.25) is 0 Å². The summed E-state index contributed by atoms with van der Waals surface area (Å²) < 4.78 is 0. The number of rotatable bonds is 0. The Kier molecular flexibility index (Phi) is 2.01. The lowest BCUT2D eigenvalue weighted by molar-refractivity contribution is -0.0516. The van der Waals surface area contributed by atoms with E-state index in [9.17, 15) is 0 Å². The third-order valence-electron chi connectivity index (χ3n) is 2.94. The van der Waals surface area contributed by atoms with Crippen molar-refractivity contribution < 1.29 is 10.0 Å². The Hall–Kier alpha value is -1.06. The van der Waals surface area contributed by atoms with Gasteiger partial charge in [0, 0.05) is 19.1 Å². The molecule has 0 unspecified atom stereocenters. The molecule has 1 atom stereocenters. The standard InChI is InChI=1S/C10H16N2O2/c1-9(2)5-8(12-13)6-10(7-9)3-4-11-14-10/h4,13H,3,5-7H2,1-2H3/t10-/m1/s1. The van der Waals surface area contributed by atoms with E-state index < -0.39 is 0 Å². The molecule has 1 spiro atoms. The van der Waals surface area contributed by atoms with E-state index in [1.807, 2.05) is 0 Å². The van der Waals surface area contributed by atoms with Gasteiger partial charge in [-0.3, -0.25) is 0 Å². The summed E-state index contributed by atoms with van der Waals surface area (Å²) in [5.74, 6) is 0. The first-order chi connectivity index (χ1) is 6.55. The van der Waals surface area contributed by atoms with Gasteiger partial charge in [0.15, 0.2) is 0 Å². The van der Waals surface area contributed by atoms with Crippen LogP contribution in [0.25, 0.3) is 0 Å². The van der Waals surface area contributed by atoms with Gasteiger partial charge in [0.25, 0.3) is 0 Å². The van der Waals surface area contributed by atoms with Crippen LogP contribution in [0, 0.1) is 5.41 Å². The smallest absolute Gasteiger partial charge is 0.148 e. The Balaban J connectivity index is 2.21. The number of nitrogens with zero attached hydrogens (tertiary/aromatic N) is 2. The van der Waals surface area contributed by atoms with Crippen LogP contribution in [0.3, 0.4) is 0 Å². The number of hydrogen-bond acceptors (Lipinski definition) is 4. The van der Waals surface area contributed by atoms with Crippen molar-refractivity contribution in [3.8, 4) is 0 Å². The van der Waals surface area contributed by atoms with Crippen LogP contribution >= 0.6 is 0 Å². The van der Waals surface area contributed by atoms with Crippen molar-refractivity contribution in [2.75, 3.05) is 0 Å². The molecule has 2 rings (SSSR count). The van der Waals surface area contributed by atoms with Crippen LogP contribution in [0.15, 0.2) is 10.3 Å². The summed E-state index contributed by atoms with van der Waals surface area (Å²) in [5, 5.41) is 16.0. The van der Waals surface area contributed by atoms with Gasteiger partial charge in [0.05, 0.1) is 5.71 Å². The predicted molar refractivity (Wildman–Crippen MR) is 53.8 cm³/mol. The largest absolute Gasteiger partial charge is 0.411 e. The fourth-order valence-corrected chi connectivity index (χ4v) is 2.65. The number of oxime groups is 2. The van der Waals surface area contributed by atoms with Crippen molar-refractivity contribution in [3.05, 3.63) is 0 Å². The highest BCUT2D eigenvalue weighted by atomic mass is 16.7. The molecule has 1 saturated carbocycles. The Bertz CT molecular complexity index is 286. The van der Waals surface area contributed by atoms with Crippen LogP contribution in [-0.4, -0.2) is 22.7 Å². The molecule has 14 heavy (non-hydrogen) atoms. The van der Waals surface area contributed by atoms with Crippen LogP contribution in [-0.2, 0) is 4.84 Å². The van der Waals surface area contributed by atoms with Crippen LogP contribution in [0.5, 0.6) is 0 Å². The quantitative estimate of drug-likeness (QED) is 0.477. The molecule has 0 saturated heterocycles. The van der Waals surface area contributed by atoms with Crippen molar-refractivity contribution in [2.45, 2.75) is 45.1 Å². The summed E-state index contributed by atoms with van der Waals surface area (Å²) in [5.41, 5.74) is 0.725. The highest BCUT2D eigenvalue weighted by Gasteiger charge is 2.46. The van der Waals surface area contributed by atoms with Gasteiger partial charge in [-0.1, -0.05) is 24.2 Å². The van der Waals surface area contributed by atoms with E-state index in [4.69, 9.17) is 10.0 Å². The maximum absolute atomic E-state index is 8.86. The molecule has 4 nitrogen and oxygen atoms in total. The zero-order valence-electron chi connectivity index (χ0n) is 8.66. The highest BCUT2D eigenvalue weighted by Crippen LogP contribution is 2.44. The Morgan fingerprint density at radius 1 is 1.50 bits per heavy atom. The van der Waals surface area contributed by atoms with Crippen molar-refractivity contribution in [3.63, 3.8) is 0 Å². The number of hydrogen-bond donors (Lipinski definition) is 1. The molecule has 1 aliphatic heterocycles. The van der Waals surface area contributed by atoms with E-state index in [0.29, 0.717) is 6.42 Å². The van der Waals surface area contributed by atoms with E-state index in [1.165, 1.54) is 0 Å². The van der Waals surface area contributed by atoms with Gasteiger partial charge in [-0.15, -0.1) is 0 Å². The maximum Gasteiger partial charge on any atom is 0.148 e. The monoisotopic (exact) mass is 196 g/mol. The molecule has 0 amide bonds. The van der Waals surface area contributed by atoms with Crippen molar-refractivity contribution in [1.29, 1.82) is 0 Å². The average Bonchev–Trinajstić information content (AvgIpc) is 2.49. The highest BCUT2D eigenvalue weighted by molar-refractivity contribution is 5.87. The molecule has 0 radical (unpaired) electrons. The lowest BCUT2D eigenvalue weighted by atomic mass is 9.68. The normalized spacial score (nSPS) is 37.7. The summed E-state index contributed by atoms with van der Waals surface area (Å²) in [6, 6.07) is 0. The van der Waals surface area contributed by atoms with Gasteiger partial charge in [-0.05, 0) is 18.3 Å². The molecule has 0 aromatic heterocycles. The minimum atomic E-state index is -0.233. The van der Waals surface area contributed by atoms with Crippen molar-refractivity contribution >= 4 is 11.9 Å². The first kappa shape index (κ1) is 9.49. The fourth-order valence-electron chi connectivity index (χ4n) is 2.65. The second kappa shape index (κ2) is 2.97. The predicted octanol–water partition coefficient (Wildman–Crippen LogP) is 2.17. The van der Waals surface area contributed by atoms with E-state index in [0.717, 1.165) is 25.0 Å². The molecule has 78 valence electrons. The molecule has 1 N–H and O–H groups in total. The summed E-state index contributed by atoms with van der Waals surface area (Å²) in [4.78, 5) is 5.43. The molecule has 1 fully saturated rings. The van der Waals surface area contributed by atoms with Gasteiger partial charge in [0.2, 0.25) is 0 Å². The first-order valence-corrected chi connectivity index (χ1v) is 4.95. The molecular weight excluding hydrogens is 180 g/mol. The second-order valence-electron chi connectivity index (χ2n) is 5.13. The van der Waals surface area contributed by atoms with Gasteiger partial charge in [-0.25, -0.2) is 0 Å². The fraction of sp³-hybridized carbons (Fsp3) is 0.800. The van der Waals surface area contributed by atoms with E-state index in [1.54, 1.807) is 6.21 Å².